The van der Waals surface area contributed by atoms with Crippen molar-refractivity contribution in [3.63, 3.8) is 0 Å². The van der Waals surface area contributed by atoms with Crippen molar-refractivity contribution in [1.29, 1.82) is 5.26 Å². The summed E-state index contributed by atoms with van der Waals surface area (Å²) < 4.78 is 6.88. The minimum Gasteiger partial charge on any atom is -0.486 e. The first-order valence-corrected chi connectivity index (χ1v) is 12.9. The molecule has 1 N–H and O–H groups in total. The molecule has 0 saturated carbocycles. The average Bonchev–Trinajstić information content (AvgIpc) is 3.29. The quantitative estimate of drug-likeness (QED) is 0.263. The van der Waals surface area contributed by atoms with Gasteiger partial charge in [-0.1, -0.05) is 35.3 Å². The van der Waals surface area contributed by atoms with Gasteiger partial charge in [0.15, 0.2) is 0 Å². The lowest BCUT2D eigenvalue weighted by Crippen LogP contribution is -2.14. The summed E-state index contributed by atoms with van der Waals surface area (Å²) in [5, 5.41) is 10.4. The number of para-hydroxylation sites is 1. The molecule has 5 aromatic rings. The van der Waals surface area contributed by atoms with E-state index in [0.717, 1.165) is 22.3 Å². The van der Waals surface area contributed by atoms with Gasteiger partial charge in [0.25, 0.3) is 5.56 Å². The predicted molar refractivity (Wildman–Crippen MR) is 145 cm³/mol. The minimum absolute atomic E-state index is 0.0552. The lowest BCUT2D eigenvalue weighted by Gasteiger charge is -2.15. The Kier molecular flexibility index (Phi) is 6.94. The zero-order valence-electron chi connectivity index (χ0n) is 19.8. The van der Waals surface area contributed by atoms with Crippen LogP contribution >= 0.6 is 34.5 Å². The van der Waals surface area contributed by atoms with Gasteiger partial charge in [0, 0.05) is 40.0 Å². The monoisotopic (exact) mass is 547 g/mol. The third-order valence-corrected chi connectivity index (χ3v) is 7.21. The number of nitrogens with zero attached hydrogens (tertiary/aromatic N) is 4. The van der Waals surface area contributed by atoms with Gasteiger partial charge in [0.2, 0.25) is 0 Å². The number of aromatic amines is 1. The number of hydrogen-bond donors (Lipinski definition) is 1. The first-order valence-electron chi connectivity index (χ1n) is 11.2. The fourth-order valence-electron chi connectivity index (χ4n) is 4.13. The Balaban J connectivity index is 1.51. The molecule has 1 aromatic carbocycles. The summed E-state index contributed by atoms with van der Waals surface area (Å²) in [6.07, 6.45) is 0.320. The molecule has 5 rings (SSSR count). The molecule has 0 unspecified atom stereocenters. The fraction of sp³-hybridized carbons (Fsp3) is 0.148. The number of thiazole rings is 1. The van der Waals surface area contributed by atoms with E-state index in [-0.39, 0.29) is 12.2 Å². The summed E-state index contributed by atoms with van der Waals surface area (Å²) in [4.78, 5) is 28.7. The molecule has 0 aliphatic carbocycles. The van der Waals surface area contributed by atoms with Crippen LogP contribution < -0.4 is 10.3 Å². The maximum atomic E-state index is 12.1. The Hall–Kier alpha value is -3.77. The number of ether oxygens (including phenoxy) is 1. The molecule has 7 nitrogen and oxygen atoms in total. The van der Waals surface area contributed by atoms with Gasteiger partial charge in [-0.05, 0) is 44.2 Å². The minimum atomic E-state index is -0.440. The van der Waals surface area contributed by atoms with Gasteiger partial charge in [0.1, 0.15) is 39.5 Å². The van der Waals surface area contributed by atoms with Gasteiger partial charge < -0.3 is 9.72 Å². The van der Waals surface area contributed by atoms with Crippen LogP contribution in [-0.4, -0.2) is 19.9 Å². The average molecular weight is 548 g/mol. The highest BCUT2D eigenvalue weighted by Gasteiger charge is 2.17. The number of H-pyrrole nitrogens is 1. The van der Waals surface area contributed by atoms with E-state index in [4.69, 9.17) is 38.2 Å². The maximum absolute atomic E-state index is 12.1. The lowest BCUT2D eigenvalue weighted by molar-refractivity contribution is 0.307. The summed E-state index contributed by atoms with van der Waals surface area (Å²) in [5.74, 6) is 0.586. The molecule has 4 aromatic heterocycles. The van der Waals surface area contributed by atoms with Crippen molar-refractivity contribution in [2.45, 2.75) is 26.9 Å². The van der Waals surface area contributed by atoms with Gasteiger partial charge in [-0.25, -0.2) is 9.97 Å². The molecule has 184 valence electrons. The smallest absolute Gasteiger partial charge is 0.266 e. The largest absolute Gasteiger partial charge is 0.486 e. The van der Waals surface area contributed by atoms with Gasteiger partial charge in [0.05, 0.1) is 16.2 Å². The number of pyridine rings is 3. The predicted octanol–water partition coefficient (Wildman–Crippen LogP) is 6.41. The molecule has 4 heterocycles. The second-order valence-electron chi connectivity index (χ2n) is 8.41. The molecular weight excluding hydrogens is 529 g/mol. The van der Waals surface area contributed by atoms with Crippen LogP contribution in [0.2, 0.25) is 9.36 Å². The molecule has 0 fully saturated rings. The first-order chi connectivity index (χ1) is 17.8. The third kappa shape index (κ3) is 5.07. The second-order valence-corrected chi connectivity index (χ2v) is 10.3. The number of aryl methyl sites for hydroxylation is 2. The van der Waals surface area contributed by atoms with E-state index in [9.17, 15) is 4.79 Å². The van der Waals surface area contributed by atoms with Crippen molar-refractivity contribution < 1.29 is 4.74 Å². The van der Waals surface area contributed by atoms with E-state index in [1.54, 1.807) is 17.6 Å². The van der Waals surface area contributed by atoms with Crippen molar-refractivity contribution in [3.8, 4) is 23.1 Å². The SMILES string of the molecule is Cc1cc(Cl)c(COc2cccc3c(-c4ncsc4Cl)cc(C)nc23)c(Cc2ccc(C#N)c(=O)[nH]2)n1. The highest BCUT2D eigenvalue weighted by molar-refractivity contribution is 7.14. The highest BCUT2D eigenvalue weighted by atomic mass is 35.5. The van der Waals surface area contributed by atoms with Crippen LogP contribution in [0.1, 0.15) is 33.9 Å². The highest BCUT2D eigenvalue weighted by Crippen LogP contribution is 2.37. The Labute approximate surface area is 226 Å². The standard InChI is InChI=1S/C27H19Cl2N5O2S/c1-14-8-19(25-26(29)37-13-31-25)18-4-3-5-23(24(18)33-14)36-12-20-21(28)9-15(2)32-22(20)10-17-7-6-16(11-30)27(35)34-17/h3-9,13H,10,12H2,1-2H3,(H,34,35). The van der Waals surface area contributed by atoms with E-state index in [0.29, 0.717) is 49.7 Å². The molecule has 37 heavy (non-hydrogen) atoms. The maximum Gasteiger partial charge on any atom is 0.266 e. The van der Waals surface area contributed by atoms with Gasteiger partial charge in [-0.15, -0.1) is 11.3 Å². The van der Waals surface area contributed by atoms with E-state index in [1.807, 2.05) is 44.2 Å². The number of nitriles is 1. The number of nitrogens with one attached hydrogen (secondary N) is 1. The summed E-state index contributed by atoms with van der Waals surface area (Å²) in [6, 6.07) is 14.5. The Morgan fingerprint density at radius 2 is 1.92 bits per heavy atom. The van der Waals surface area contributed by atoms with Crippen LogP contribution in [0.5, 0.6) is 5.75 Å². The van der Waals surface area contributed by atoms with Crippen LogP contribution in [0, 0.1) is 25.2 Å². The summed E-state index contributed by atoms with van der Waals surface area (Å²) in [7, 11) is 0. The number of aromatic nitrogens is 4. The van der Waals surface area contributed by atoms with Gasteiger partial charge in [-0.3, -0.25) is 9.78 Å². The Bertz CT molecular complexity index is 1760. The van der Waals surface area contributed by atoms with E-state index in [1.165, 1.54) is 17.4 Å². The van der Waals surface area contributed by atoms with Crippen LogP contribution in [0.3, 0.4) is 0 Å². The van der Waals surface area contributed by atoms with E-state index in [2.05, 4.69) is 15.0 Å². The molecular formula is C27H19Cl2N5O2S. The molecule has 10 heteroatoms. The molecule has 0 saturated heterocycles. The van der Waals surface area contributed by atoms with Crippen LogP contribution in [0.15, 0.2) is 52.8 Å². The topological polar surface area (TPSA) is 105 Å². The second kappa shape index (κ2) is 10.3. The molecule has 0 atom stereocenters. The fourth-order valence-corrected chi connectivity index (χ4v) is 5.24. The molecule has 0 amide bonds. The number of benzene rings is 1. The number of rotatable bonds is 6. The van der Waals surface area contributed by atoms with Crippen molar-refractivity contribution in [2.75, 3.05) is 0 Å². The zero-order chi connectivity index (χ0) is 26.1. The van der Waals surface area contributed by atoms with Crippen LogP contribution in [0.25, 0.3) is 22.2 Å². The van der Waals surface area contributed by atoms with Crippen molar-refractivity contribution in [2.24, 2.45) is 0 Å². The summed E-state index contributed by atoms with van der Waals surface area (Å²) >= 11 is 14.4. The Morgan fingerprint density at radius 1 is 1.11 bits per heavy atom. The first kappa shape index (κ1) is 24.9. The lowest BCUT2D eigenvalue weighted by atomic mass is 10.0. The molecule has 0 bridgehead atoms. The Morgan fingerprint density at radius 3 is 2.65 bits per heavy atom. The number of fused-ring (bicyclic) bond motifs is 1. The molecule has 0 aliphatic heterocycles. The van der Waals surface area contributed by atoms with Gasteiger partial charge in [-0.2, -0.15) is 5.26 Å². The molecule has 0 aliphatic rings. The molecule has 0 radical (unpaired) electrons. The number of hydrogen-bond acceptors (Lipinski definition) is 7. The summed E-state index contributed by atoms with van der Waals surface area (Å²) in [6.45, 7) is 3.91. The van der Waals surface area contributed by atoms with Crippen LogP contribution in [0.4, 0.5) is 0 Å². The zero-order valence-corrected chi connectivity index (χ0v) is 22.1. The normalized spacial score (nSPS) is 11.0. The number of halogens is 2. The van der Waals surface area contributed by atoms with Gasteiger partial charge >= 0.3 is 0 Å². The van der Waals surface area contributed by atoms with Crippen molar-refractivity contribution in [3.05, 3.63) is 102 Å². The summed E-state index contributed by atoms with van der Waals surface area (Å²) in [5.41, 5.74) is 7.16. The molecule has 0 spiro atoms. The third-order valence-electron chi connectivity index (χ3n) is 5.81. The van der Waals surface area contributed by atoms with E-state index < -0.39 is 5.56 Å². The van der Waals surface area contributed by atoms with Crippen molar-refractivity contribution >= 4 is 45.4 Å². The van der Waals surface area contributed by atoms with E-state index >= 15 is 0 Å². The van der Waals surface area contributed by atoms with Crippen molar-refractivity contribution in [1.82, 2.24) is 19.9 Å². The van der Waals surface area contributed by atoms with Crippen LogP contribution in [-0.2, 0) is 13.0 Å².